The van der Waals surface area contributed by atoms with Crippen molar-refractivity contribution in [3.8, 4) is 6.07 Å². The van der Waals surface area contributed by atoms with Gasteiger partial charge in [0, 0.05) is 4.47 Å². The smallest absolute Gasteiger partial charge is 0.207 e. The molecule has 0 unspecified atom stereocenters. The van der Waals surface area contributed by atoms with Crippen LogP contribution in [0.1, 0.15) is 32.1 Å². The first-order chi connectivity index (χ1) is 8.99. The third kappa shape index (κ3) is 3.16. The summed E-state index contributed by atoms with van der Waals surface area (Å²) in [6.45, 7) is 0. The highest BCUT2D eigenvalue weighted by atomic mass is 79.9. The molecule has 1 aliphatic rings. The van der Waals surface area contributed by atoms with Crippen molar-refractivity contribution in [2.75, 3.05) is 0 Å². The zero-order chi connectivity index (χ0) is 13.9. The normalized spacial score (nSPS) is 18.7. The highest BCUT2D eigenvalue weighted by molar-refractivity contribution is 9.10. The predicted molar refractivity (Wildman–Crippen MR) is 75.9 cm³/mol. The lowest BCUT2D eigenvalue weighted by molar-refractivity contribution is 0.338. The molecule has 19 heavy (non-hydrogen) atoms. The van der Waals surface area contributed by atoms with E-state index in [1.165, 1.54) is 6.07 Å². The molecule has 0 amide bonds. The number of nitriles is 1. The van der Waals surface area contributed by atoms with Crippen molar-refractivity contribution < 1.29 is 8.42 Å². The van der Waals surface area contributed by atoms with Crippen LogP contribution in [-0.4, -0.2) is 14.0 Å². The van der Waals surface area contributed by atoms with Gasteiger partial charge in [-0.1, -0.05) is 31.4 Å². The lowest BCUT2D eigenvalue weighted by Crippen LogP contribution is -2.48. The molecule has 0 aromatic heterocycles. The van der Waals surface area contributed by atoms with Gasteiger partial charge in [-0.25, -0.2) is 8.42 Å². The third-order valence-corrected chi connectivity index (χ3v) is 5.93. The number of rotatable bonds is 3. The van der Waals surface area contributed by atoms with E-state index in [0.29, 0.717) is 17.3 Å². The summed E-state index contributed by atoms with van der Waals surface area (Å²) in [6, 6.07) is 8.78. The molecule has 0 atom stereocenters. The molecular formula is C13H15BrN2O2S. The maximum atomic E-state index is 12.4. The zero-order valence-corrected chi connectivity index (χ0v) is 12.8. The van der Waals surface area contributed by atoms with Gasteiger partial charge in [0.25, 0.3) is 0 Å². The van der Waals surface area contributed by atoms with Crippen LogP contribution in [0.3, 0.4) is 0 Å². The van der Waals surface area contributed by atoms with Crippen LogP contribution in [-0.2, 0) is 10.0 Å². The number of nitrogens with zero attached hydrogens (tertiary/aromatic N) is 1. The van der Waals surface area contributed by atoms with Crippen molar-refractivity contribution in [1.29, 1.82) is 5.26 Å². The van der Waals surface area contributed by atoms with Gasteiger partial charge < -0.3 is 0 Å². The fourth-order valence-corrected chi connectivity index (χ4v) is 4.75. The first kappa shape index (κ1) is 14.5. The van der Waals surface area contributed by atoms with Crippen molar-refractivity contribution in [1.82, 2.24) is 4.72 Å². The lowest BCUT2D eigenvalue weighted by Gasteiger charge is -2.31. The third-order valence-electron chi connectivity index (χ3n) is 3.38. The van der Waals surface area contributed by atoms with Gasteiger partial charge in [-0.3, -0.25) is 0 Å². The second kappa shape index (κ2) is 5.61. The van der Waals surface area contributed by atoms with Crippen LogP contribution in [0.2, 0.25) is 0 Å². The van der Waals surface area contributed by atoms with Gasteiger partial charge in [0.2, 0.25) is 10.0 Å². The van der Waals surface area contributed by atoms with E-state index < -0.39 is 15.6 Å². The van der Waals surface area contributed by atoms with E-state index in [-0.39, 0.29) is 4.90 Å². The van der Waals surface area contributed by atoms with Gasteiger partial charge in [0.05, 0.1) is 11.0 Å². The molecule has 2 rings (SSSR count). The standard InChI is InChI=1S/C13H15BrN2O2S/c14-11-6-2-3-7-12(11)19(17,18)16-13(10-15)8-4-1-5-9-13/h2-3,6-7,16H,1,4-5,8-9H2. The van der Waals surface area contributed by atoms with Crippen LogP contribution in [0.5, 0.6) is 0 Å². The summed E-state index contributed by atoms with van der Waals surface area (Å²) in [5.41, 5.74) is -0.952. The Kier molecular flexibility index (Phi) is 4.29. The molecule has 0 aliphatic heterocycles. The summed E-state index contributed by atoms with van der Waals surface area (Å²) in [4.78, 5) is 0.176. The highest BCUT2D eigenvalue weighted by Crippen LogP contribution is 2.30. The topological polar surface area (TPSA) is 70.0 Å². The summed E-state index contributed by atoms with van der Waals surface area (Å²) in [6.07, 6.45) is 3.97. The summed E-state index contributed by atoms with van der Waals surface area (Å²) < 4.78 is 27.9. The molecule has 1 aromatic rings. The summed E-state index contributed by atoms with van der Waals surface area (Å²) in [7, 11) is -3.68. The minimum absolute atomic E-state index is 0.176. The Morgan fingerprint density at radius 2 is 1.84 bits per heavy atom. The van der Waals surface area contributed by atoms with Gasteiger partial charge in [-0.2, -0.15) is 9.98 Å². The van der Waals surface area contributed by atoms with Gasteiger partial charge in [0.1, 0.15) is 5.54 Å². The first-order valence-corrected chi connectivity index (χ1v) is 8.46. The maximum Gasteiger partial charge on any atom is 0.243 e. The van der Waals surface area contributed by atoms with Crippen LogP contribution < -0.4 is 4.72 Å². The van der Waals surface area contributed by atoms with Crippen molar-refractivity contribution in [3.63, 3.8) is 0 Å². The van der Waals surface area contributed by atoms with E-state index in [4.69, 9.17) is 0 Å². The Bertz CT molecular complexity index is 601. The van der Waals surface area contributed by atoms with Crippen molar-refractivity contribution >= 4 is 26.0 Å². The lowest BCUT2D eigenvalue weighted by atomic mass is 9.84. The Morgan fingerprint density at radius 3 is 2.42 bits per heavy atom. The Hall–Kier alpha value is -0.900. The molecule has 0 spiro atoms. The molecule has 0 radical (unpaired) electrons. The minimum Gasteiger partial charge on any atom is -0.207 e. The average molecular weight is 343 g/mol. The van der Waals surface area contributed by atoms with E-state index in [1.807, 2.05) is 0 Å². The zero-order valence-electron chi connectivity index (χ0n) is 10.4. The van der Waals surface area contributed by atoms with E-state index in [9.17, 15) is 13.7 Å². The quantitative estimate of drug-likeness (QED) is 0.917. The Morgan fingerprint density at radius 1 is 1.21 bits per heavy atom. The van der Waals surface area contributed by atoms with Crippen LogP contribution in [0, 0.1) is 11.3 Å². The van der Waals surface area contributed by atoms with Crippen LogP contribution in [0.4, 0.5) is 0 Å². The first-order valence-electron chi connectivity index (χ1n) is 6.19. The van der Waals surface area contributed by atoms with E-state index in [2.05, 4.69) is 26.7 Å². The molecule has 1 fully saturated rings. The SMILES string of the molecule is N#CC1(NS(=O)(=O)c2ccccc2Br)CCCCC1. The van der Waals surface area contributed by atoms with Gasteiger partial charge in [-0.15, -0.1) is 0 Å². The number of benzene rings is 1. The van der Waals surface area contributed by atoms with Crippen molar-refractivity contribution in [3.05, 3.63) is 28.7 Å². The number of halogens is 1. The van der Waals surface area contributed by atoms with E-state index in [1.54, 1.807) is 18.2 Å². The number of sulfonamides is 1. The monoisotopic (exact) mass is 342 g/mol. The molecule has 6 heteroatoms. The van der Waals surface area contributed by atoms with Crippen LogP contribution in [0.25, 0.3) is 0 Å². The Labute approximate surface area is 122 Å². The fraction of sp³-hybridized carbons (Fsp3) is 0.462. The minimum atomic E-state index is -3.68. The molecule has 0 bridgehead atoms. The molecular weight excluding hydrogens is 328 g/mol. The second-order valence-electron chi connectivity index (χ2n) is 4.79. The molecule has 0 heterocycles. The second-order valence-corrected chi connectivity index (χ2v) is 7.30. The van der Waals surface area contributed by atoms with Crippen LogP contribution >= 0.6 is 15.9 Å². The molecule has 1 saturated carbocycles. The van der Waals surface area contributed by atoms with E-state index in [0.717, 1.165) is 19.3 Å². The molecule has 0 saturated heterocycles. The van der Waals surface area contributed by atoms with Crippen molar-refractivity contribution in [2.45, 2.75) is 42.5 Å². The largest absolute Gasteiger partial charge is 0.243 e. The maximum absolute atomic E-state index is 12.4. The fourth-order valence-electron chi connectivity index (χ4n) is 2.37. The van der Waals surface area contributed by atoms with E-state index >= 15 is 0 Å². The Balaban J connectivity index is 2.31. The molecule has 1 aromatic carbocycles. The van der Waals surface area contributed by atoms with Gasteiger partial charge in [-0.05, 0) is 40.9 Å². The number of hydrogen-bond acceptors (Lipinski definition) is 3. The van der Waals surface area contributed by atoms with Crippen LogP contribution in [0.15, 0.2) is 33.6 Å². The molecule has 1 aliphatic carbocycles. The molecule has 1 N–H and O–H groups in total. The summed E-state index contributed by atoms with van der Waals surface area (Å²) >= 11 is 3.23. The van der Waals surface area contributed by atoms with Crippen molar-refractivity contribution in [2.24, 2.45) is 0 Å². The number of hydrogen-bond donors (Lipinski definition) is 1. The predicted octanol–water partition coefficient (Wildman–Crippen LogP) is 2.95. The number of nitrogens with one attached hydrogen (secondary N) is 1. The molecule has 4 nitrogen and oxygen atoms in total. The summed E-state index contributed by atoms with van der Waals surface area (Å²) in [5.74, 6) is 0. The summed E-state index contributed by atoms with van der Waals surface area (Å²) in [5, 5.41) is 9.33. The average Bonchev–Trinajstić information content (AvgIpc) is 2.39. The van der Waals surface area contributed by atoms with Gasteiger partial charge >= 0.3 is 0 Å². The highest BCUT2D eigenvalue weighted by Gasteiger charge is 2.37. The van der Waals surface area contributed by atoms with Gasteiger partial charge in [0.15, 0.2) is 0 Å². The molecule has 102 valence electrons.